The van der Waals surface area contributed by atoms with Gasteiger partial charge in [-0.3, -0.25) is 4.57 Å². The molecule has 4 aromatic heterocycles. The van der Waals surface area contributed by atoms with Crippen molar-refractivity contribution in [3.05, 3.63) is 55.1 Å². The van der Waals surface area contributed by atoms with Gasteiger partial charge in [0.05, 0.1) is 16.7 Å². The minimum Gasteiger partial charge on any atom is -0.484 e. The van der Waals surface area contributed by atoms with Crippen molar-refractivity contribution < 1.29 is 9.47 Å². The molecule has 1 aliphatic rings. The van der Waals surface area contributed by atoms with Crippen LogP contribution in [0.5, 0.6) is 11.6 Å². The molecule has 5 aromatic rings. The Bertz CT molecular complexity index is 1390. The van der Waals surface area contributed by atoms with Gasteiger partial charge in [-0.2, -0.15) is 4.98 Å². The van der Waals surface area contributed by atoms with Gasteiger partial charge in [0.15, 0.2) is 5.75 Å². The molecule has 0 saturated heterocycles. The number of para-hydroxylation sites is 2. The average molecular weight is 384 g/mol. The topological polar surface area (TPSA) is 79.9 Å². The Morgan fingerprint density at radius 2 is 1.90 bits per heavy atom. The van der Waals surface area contributed by atoms with E-state index in [9.17, 15) is 0 Å². The zero-order chi connectivity index (χ0) is 19.4. The van der Waals surface area contributed by atoms with Gasteiger partial charge < -0.3 is 14.0 Å². The molecular weight excluding hydrogens is 368 g/mol. The summed E-state index contributed by atoms with van der Waals surface area (Å²) in [6.07, 6.45) is 5.49. The number of benzene rings is 1. The maximum Gasteiger partial charge on any atom is 0.257 e. The van der Waals surface area contributed by atoms with E-state index >= 15 is 0 Å². The van der Waals surface area contributed by atoms with Gasteiger partial charge in [0.25, 0.3) is 5.88 Å². The van der Waals surface area contributed by atoms with Crippen molar-refractivity contribution in [2.45, 2.75) is 0 Å². The number of pyridine rings is 1. The number of fused-ring (bicyclic) bond motifs is 3. The zero-order valence-electron chi connectivity index (χ0n) is 15.6. The van der Waals surface area contributed by atoms with Crippen LogP contribution in [0.15, 0.2) is 55.1 Å². The molecule has 0 amide bonds. The summed E-state index contributed by atoms with van der Waals surface area (Å²) in [6, 6.07) is 11.9. The zero-order valence-corrected chi connectivity index (χ0v) is 15.6. The third kappa shape index (κ3) is 2.46. The summed E-state index contributed by atoms with van der Waals surface area (Å²) in [4.78, 5) is 18.6. The van der Waals surface area contributed by atoms with Crippen molar-refractivity contribution in [3.63, 3.8) is 0 Å². The van der Waals surface area contributed by atoms with Gasteiger partial charge in [-0.15, -0.1) is 0 Å². The normalized spacial score (nSPS) is 13.3. The third-order valence-corrected chi connectivity index (χ3v) is 5.05. The summed E-state index contributed by atoms with van der Waals surface area (Å²) in [5.41, 5.74) is 4.31. The van der Waals surface area contributed by atoms with Crippen LogP contribution in [0.3, 0.4) is 0 Å². The summed E-state index contributed by atoms with van der Waals surface area (Å²) in [6.45, 7) is 1.02. The lowest BCUT2D eigenvalue weighted by molar-refractivity contribution is 0.164. The molecule has 0 fully saturated rings. The highest BCUT2D eigenvalue weighted by Crippen LogP contribution is 2.34. The van der Waals surface area contributed by atoms with E-state index in [0.29, 0.717) is 30.8 Å². The van der Waals surface area contributed by atoms with Gasteiger partial charge in [-0.05, 0) is 24.3 Å². The van der Waals surface area contributed by atoms with Crippen LogP contribution in [-0.2, 0) is 7.05 Å². The minimum absolute atomic E-state index is 0.508. The minimum atomic E-state index is 0.508. The van der Waals surface area contributed by atoms with E-state index in [2.05, 4.69) is 9.97 Å². The van der Waals surface area contributed by atoms with Crippen molar-refractivity contribution in [2.75, 3.05) is 13.2 Å². The van der Waals surface area contributed by atoms with Gasteiger partial charge in [-0.25, -0.2) is 15.0 Å². The molecule has 0 saturated carbocycles. The molecule has 29 heavy (non-hydrogen) atoms. The van der Waals surface area contributed by atoms with E-state index in [4.69, 9.17) is 19.4 Å². The molecule has 8 nitrogen and oxygen atoms in total. The van der Waals surface area contributed by atoms with Gasteiger partial charge in [0.1, 0.15) is 25.2 Å². The average Bonchev–Trinajstić information content (AvgIpc) is 3.37. The Hall–Kier alpha value is -3.94. The van der Waals surface area contributed by atoms with Gasteiger partial charge in [0.2, 0.25) is 5.95 Å². The molecule has 0 unspecified atom stereocenters. The standard InChI is InChI=1S/C21H16N6O2/c1-26-7-6-14-18(13-10-17-20(22-11-13)29-9-8-28-17)24-21(25-19(14)26)27-12-23-15-4-2-3-5-16(15)27/h2-7,10-12H,8-9H2,1H3. The fourth-order valence-electron chi connectivity index (χ4n) is 3.63. The van der Waals surface area contributed by atoms with Gasteiger partial charge >= 0.3 is 0 Å². The Kier molecular flexibility index (Phi) is 3.34. The molecule has 142 valence electrons. The van der Waals surface area contributed by atoms with E-state index < -0.39 is 0 Å². The number of nitrogens with zero attached hydrogens (tertiary/aromatic N) is 6. The summed E-state index contributed by atoms with van der Waals surface area (Å²) in [5.74, 6) is 1.70. The first kappa shape index (κ1) is 16.1. The van der Waals surface area contributed by atoms with Crippen LogP contribution >= 0.6 is 0 Å². The number of hydrogen-bond acceptors (Lipinski definition) is 6. The van der Waals surface area contributed by atoms with Crippen LogP contribution in [0.2, 0.25) is 0 Å². The highest BCUT2D eigenvalue weighted by atomic mass is 16.6. The van der Waals surface area contributed by atoms with Gasteiger partial charge in [0, 0.05) is 30.4 Å². The highest BCUT2D eigenvalue weighted by Gasteiger charge is 2.19. The molecule has 6 rings (SSSR count). The molecule has 1 aliphatic heterocycles. The van der Waals surface area contributed by atoms with Crippen molar-refractivity contribution in [3.8, 4) is 28.8 Å². The number of ether oxygens (including phenoxy) is 2. The Labute approximate surface area is 165 Å². The van der Waals surface area contributed by atoms with Crippen molar-refractivity contribution in [2.24, 2.45) is 7.05 Å². The SMILES string of the molecule is Cn1ccc2c(-c3cnc4c(c3)OCCO4)nc(-n3cnc4ccccc43)nc21. The van der Waals surface area contributed by atoms with Crippen LogP contribution in [0, 0.1) is 0 Å². The van der Waals surface area contributed by atoms with Crippen LogP contribution < -0.4 is 9.47 Å². The second-order valence-corrected chi connectivity index (χ2v) is 6.86. The van der Waals surface area contributed by atoms with E-state index in [1.54, 1.807) is 12.5 Å². The van der Waals surface area contributed by atoms with Gasteiger partial charge in [-0.1, -0.05) is 12.1 Å². The van der Waals surface area contributed by atoms with Crippen LogP contribution in [0.4, 0.5) is 0 Å². The molecule has 0 radical (unpaired) electrons. The molecular formula is C21H16N6O2. The Balaban J connectivity index is 1.60. The molecule has 0 aliphatic carbocycles. The first-order valence-corrected chi connectivity index (χ1v) is 9.29. The van der Waals surface area contributed by atoms with E-state index in [-0.39, 0.29) is 0 Å². The molecule has 5 heterocycles. The van der Waals surface area contributed by atoms with E-state index in [1.807, 2.05) is 58.8 Å². The smallest absolute Gasteiger partial charge is 0.257 e. The lowest BCUT2D eigenvalue weighted by Gasteiger charge is -2.17. The van der Waals surface area contributed by atoms with E-state index in [0.717, 1.165) is 33.3 Å². The molecule has 8 heteroatoms. The number of rotatable bonds is 2. The predicted molar refractivity (Wildman–Crippen MR) is 107 cm³/mol. The van der Waals surface area contributed by atoms with Crippen molar-refractivity contribution in [1.82, 2.24) is 29.1 Å². The quantitative estimate of drug-likeness (QED) is 0.465. The maximum absolute atomic E-state index is 5.71. The molecule has 0 spiro atoms. The summed E-state index contributed by atoms with van der Waals surface area (Å²) in [5, 5.41) is 0.944. The third-order valence-electron chi connectivity index (χ3n) is 5.05. The highest BCUT2D eigenvalue weighted by molar-refractivity contribution is 5.92. The summed E-state index contributed by atoms with van der Waals surface area (Å²) >= 11 is 0. The van der Waals surface area contributed by atoms with E-state index in [1.165, 1.54) is 0 Å². The first-order valence-electron chi connectivity index (χ1n) is 9.29. The molecule has 0 bridgehead atoms. The van der Waals surface area contributed by atoms with Crippen LogP contribution in [0.25, 0.3) is 39.3 Å². The predicted octanol–water partition coefficient (Wildman–Crippen LogP) is 3.14. The molecule has 1 aromatic carbocycles. The number of imidazole rings is 1. The Morgan fingerprint density at radius 3 is 2.86 bits per heavy atom. The van der Waals surface area contributed by atoms with Crippen LogP contribution in [0.1, 0.15) is 0 Å². The summed E-state index contributed by atoms with van der Waals surface area (Å²) < 4.78 is 15.1. The monoisotopic (exact) mass is 384 g/mol. The van der Waals surface area contributed by atoms with Crippen LogP contribution in [-0.4, -0.2) is 42.3 Å². The maximum atomic E-state index is 5.71. The summed E-state index contributed by atoms with van der Waals surface area (Å²) in [7, 11) is 1.97. The second kappa shape index (κ2) is 6.03. The molecule has 0 N–H and O–H groups in total. The number of aryl methyl sites for hydroxylation is 1. The molecule has 0 atom stereocenters. The first-order chi connectivity index (χ1) is 14.3. The lowest BCUT2D eigenvalue weighted by Crippen LogP contribution is -2.16. The lowest BCUT2D eigenvalue weighted by atomic mass is 10.1. The fourth-order valence-corrected chi connectivity index (χ4v) is 3.63. The number of aromatic nitrogens is 6. The number of hydrogen-bond donors (Lipinski definition) is 0. The van der Waals surface area contributed by atoms with Crippen molar-refractivity contribution >= 4 is 22.1 Å². The second-order valence-electron chi connectivity index (χ2n) is 6.86. The largest absolute Gasteiger partial charge is 0.484 e. The Morgan fingerprint density at radius 1 is 1.00 bits per heavy atom. The van der Waals surface area contributed by atoms with Crippen molar-refractivity contribution in [1.29, 1.82) is 0 Å². The fraction of sp³-hybridized carbons (Fsp3) is 0.143.